The zero-order valence-electron chi connectivity index (χ0n) is 9.51. The van der Waals surface area contributed by atoms with Gasteiger partial charge in [0.25, 0.3) is 0 Å². The highest BCUT2D eigenvalue weighted by atomic mass is 32.2. The average Bonchev–Trinajstić information content (AvgIpc) is 2.26. The van der Waals surface area contributed by atoms with Crippen LogP contribution in [0, 0.1) is 0 Å². The minimum absolute atomic E-state index is 0.740. The van der Waals surface area contributed by atoms with Crippen molar-refractivity contribution in [2.75, 3.05) is 12.8 Å². The van der Waals surface area contributed by atoms with Gasteiger partial charge in [0.2, 0.25) is 0 Å². The maximum Gasteiger partial charge on any atom is 0.0164 e. The molecule has 2 heteroatoms. The van der Waals surface area contributed by atoms with Crippen LogP contribution in [0.1, 0.15) is 39.0 Å². The molecule has 0 aromatic heterocycles. The van der Waals surface area contributed by atoms with Crippen LogP contribution in [-0.2, 0) is 0 Å². The summed E-state index contributed by atoms with van der Waals surface area (Å²) in [4.78, 5) is 0. The van der Waals surface area contributed by atoms with E-state index in [-0.39, 0.29) is 0 Å². The molecular weight excluding hydrogens is 190 g/mol. The van der Waals surface area contributed by atoms with E-state index in [2.05, 4.69) is 25.1 Å². The van der Waals surface area contributed by atoms with Crippen molar-refractivity contribution in [2.45, 2.75) is 50.3 Å². The number of rotatable bonds is 5. The van der Waals surface area contributed by atoms with Crippen LogP contribution in [0.15, 0.2) is 12.2 Å². The molecule has 1 rings (SSSR count). The van der Waals surface area contributed by atoms with Gasteiger partial charge in [-0.3, -0.25) is 0 Å². The minimum Gasteiger partial charge on any atom is -0.310 e. The van der Waals surface area contributed by atoms with E-state index in [1.54, 1.807) is 0 Å². The normalized spacial score (nSPS) is 27.6. The number of thioether (sulfide) groups is 1. The lowest BCUT2D eigenvalue weighted by Crippen LogP contribution is -2.36. The molecule has 0 amide bonds. The summed E-state index contributed by atoms with van der Waals surface area (Å²) in [7, 11) is 0. The molecule has 1 nitrogen and oxygen atoms in total. The van der Waals surface area contributed by atoms with Crippen LogP contribution < -0.4 is 5.32 Å². The summed E-state index contributed by atoms with van der Waals surface area (Å²) in [5, 5.41) is 4.51. The number of hydrogen-bond acceptors (Lipinski definition) is 2. The first kappa shape index (κ1) is 12.1. The first-order chi connectivity index (χ1) is 6.76. The van der Waals surface area contributed by atoms with Gasteiger partial charge in [0.1, 0.15) is 0 Å². The van der Waals surface area contributed by atoms with Gasteiger partial charge >= 0.3 is 0 Å². The van der Waals surface area contributed by atoms with Gasteiger partial charge in [-0.1, -0.05) is 25.5 Å². The fourth-order valence-electron chi connectivity index (χ4n) is 1.96. The summed E-state index contributed by atoms with van der Waals surface area (Å²) in [5.41, 5.74) is 1.33. The molecule has 1 aliphatic carbocycles. The van der Waals surface area contributed by atoms with Crippen LogP contribution in [-0.4, -0.2) is 24.1 Å². The molecule has 0 saturated heterocycles. The van der Waals surface area contributed by atoms with Crippen molar-refractivity contribution in [3.63, 3.8) is 0 Å². The molecule has 0 aromatic carbocycles. The van der Waals surface area contributed by atoms with Crippen LogP contribution >= 0.6 is 11.8 Å². The number of nitrogens with one attached hydrogen (secondary N) is 1. The summed E-state index contributed by atoms with van der Waals surface area (Å²) in [6.07, 6.45) is 8.84. The Hall–Kier alpha value is 0.0500. The molecule has 0 bridgehead atoms. The first-order valence-electron chi connectivity index (χ1n) is 5.69. The van der Waals surface area contributed by atoms with Gasteiger partial charge in [-0.15, -0.1) is 0 Å². The second-order valence-corrected chi connectivity index (χ2v) is 5.34. The summed E-state index contributed by atoms with van der Waals surface area (Å²) in [6, 6.07) is 0.740. The second-order valence-electron chi connectivity index (χ2n) is 4.21. The third kappa shape index (κ3) is 4.05. The Morgan fingerprint density at radius 2 is 2.29 bits per heavy atom. The van der Waals surface area contributed by atoms with E-state index >= 15 is 0 Å². The van der Waals surface area contributed by atoms with Crippen molar-refractivity contribution < 1.29 is 0 Å². The van der Waals surface area contributed by atoms with Crippen LogP contribution in [0.2, 0.25) is 0 Å². The highest BCUT2D eigenvalue weighted by molar-refractivity contribution is 7.99. The molecule has 0 heterocycles. The van der Waals surface area contributed by atoms with Crippen molar-refractivity contribution in [3.8, 4) is 0 Å². The molecule has 0 aliphatic heterocycles. The Balaban J connectivity index is 2.20. The van der Waals surface area contributed by atoms with Crippen molar-refractivity contribution in [2.24, 2.45) is 0 Å². The van der Waals surface area contributed by atoms with Gasteiger partial charge in [-0.25, -0.2) is 0 Å². The van der Waals surface area contributed by atoms with Crippen molar-refractivity contribution in [1.29, 1.82) is 0 Å². The van der Waals surface area contributed by atoms with E-state index in [9.17, 15) is 0 Å². The van der Waals surface area contributed by atoms with Crippen LogP contribution in [0.5, 0.6) is 0 Å². The summed E-state index contributed by atoms with van der Waals surface area (Å²) < 4.78 is 0. The zero-order valence-corrected chi connectivity index (χ0v) is 10.3. The summed E-state index contributed by atoms with van der Waals surface area (Å²) >= 11 is 2.03. The molecule has 1 N–H and O–H groups in total. The van der Waals surface area contributed by atoms with Gasteiger partial charge in [-0.05, 0) is 31.9 Å². The standard InChI is InChI=1S/C12H23NS/c1-4-10(2)9-13-11-6-5-7-12(8-11)14-3/h11-13H,2,4-9H2,1,3H3. The zero-order chi connectivity index (χ0) is 10.4. The van der Waals surface area contributed by atoms with E-state index in [1.165, 1.54) is 31.3 Å². The SMILES string of the molecule is C=C(CC)CNC1CCCC(SC)C1. The van der Waals surface area contributed by atoms with E-state index in [1.807, 2.05) is 11.8 Å². The van der Waals surface area contributed by atoms with Gasteiger partial charge in [0.15, 0.2) is 0 Å². The molecule has 2 atom stereocenters. The highest BCUT2D eigenvalue weighted by Crippen LogP contribution is 2.26. The van der Waals surface area contributed by atoms with E-state index in [4.69, 9.17) is 0 Å². The van der Waals surface area contributed by atoms with Crippen molar-refractivity contribution in [3.05, 3.63) is 12.2 Å². The van der Waals surface area contributed by atoms with E-state index in [0.717, 1.165) is 24.3 Å². The largest absolute Gasteiger partial charge is 0.310 e. The van der Waals surface area contributed by atoms with Crippen LogP contribution in [0.4, 0.5) is 0 Å². The second kappa shape index (κ2) is 6.52. The molecule has 82 valence electrons. The molecule has 0 radical (unpaired) electrons. The Kier molecular flexibility index (Phi) is 5.64. The molecule has 1 aliphatic rings. The Bertz CT molecular complexity index is 179. The third-order valence-electron chi connectivity index (χ3n) is 3.10. The molecule has 1 saturated carbocycles. The van der Waals surface area contributed by atoms with Gasteiger partial charge in [0.05, 0.1) is 0 Å². The van der Waals surface area contributed by atoms with Crippen LogP contribution in [0.25, 0.3) is 0 Å². The molecule has 2 unspecified atom stereocenters. The minimum atomic E-state index is 0.740. The van der Waals surface area contributed by atoms with Gasteiger partial charge < -0.3 is 5.32 Å². The molecule has 14 heavy (non-hydrogen) atoms. The van der Waals surface area contributed by atoms with E-state index < -0.39 is 0 Å². The van der Waals surface area contributed by atoms with Gasteiger partial charge in [0, 0.05) is 17.8 Å². The molecular formula is C12H23NS. The monoisotopic (exact) mass is 213 g/mol. The Morgan fingerprint density at radius 1 is 1.50 bits per heavy atom. The van der Waals surface area contributed by atoms with Crippen molar-refractivity contribution in [1.82, 2.24) is 5.32 Å². The lowest BCUT2D eigenvalue weighted by atomic mass is 9.95. The molecule has 1 fully saturated rings. The number of hydrogen-bond donors (Lipinski definition) is 1. The summed E-state index contributed by atoms with van der Waals surface area (Å²) in [5.74, 6) is 0. The van der Waals surface area contributed by atoms with Crippen molar-refractivity contribution >= 4 is 11.8 Å². The Labute approximate surface area is 92.7 Å². The fourth-order valence-corrected chi connectivity index (χ4v) is 2.79. The predicted octanol–water partition coefficient (Wildman–Crippen LogP) is 3.22. The first-order valence-corrected chi connectivity index (χ1v) is 6.97. The highest BCUT2D eigenvalue weighted by Gasteiger charge is 2.20. The third-order valence-corrected chi connectivity index (χ3v) is 4.19. The van der Waals surface area contributed by atoms with Gasteiger partial charge in [-0.2, -0.15) is 11.8 Å². The quantitative estimate of drug-likeness (QED) is 0.704. The fraction of sp³-hybridized carbons (Fsp3) is 0.833. The maximum absolute atomic E-state index is 4.03. The lowest BCUT2D eigenvalue weighted by Gasteiger charge is -2.29. The molecule has 0 aromatic rings. The lowest BCUT2D eigenvalue weighted by molar-refractivity contribution is 0.390. The average molecular weight is 213 g/mol. The smallest absolute Gasteiger partial charge is 0.0164 e. The Morgan fingerprint density at radius 3 is 2.93 bits per heavy atom. The predicted molar refractivity (Wildman–Crippen MR) is 67.0 cm³/mol. The van der Waals surface area contributed by atoms with E-state index in [0.29, 0.717) is 0 Å². The van der Waals surface area contributed by atoms with Crippen LogP contribution in [0.3, 0.4) is 0 Å². The molecule has 0 spiro atoms. The maximum atomic E-state index is 4.03. The topological polar surface area (TPSA) is 12.0 Å². The summed E-state index contributed by atoms with van der Waals surface area (Å²) in [6.45, 7) is 7.22.